The highest BCUT2D eigenvalue weighted by molar-refractivity contribution is 5.64. The van der Waals surface area contributed by atoms with Crippen molar-refractivity contribution in [1.82, 2.24) is 9.80 Å². The number of rotatable bonds is 4. The third-order valence-corrected chi connectivity index (χ3v) is 3.46. The van der Waals surface area contributed by atoms with Gasteiger partial charge in [0.05, 0.1) is 12.3 Å². The zero-order valence-corrected chi connectivity index (χ0v) is 10.3. The minimum absolute atomic E-state index is 0.0383. The van der Waals surface area contributed by atoms with Crippen LogP contribution in [-0.2, 0) is 4.74 Å². The minimum atomic E-state index is -0.0383. The van der Waals surface area contributed by atoms with Crippen molar-refractivity contribution in [1.29, 1.82) is 0 Å². The van der Waals surface area contributed by atoms with Gasteiger partial charge >= 0.3 is 0 Å². The second kappa shape index (κ2) is 5.91. The van der Waals surface area contributed by atoms with Gasteiger partial charge in [0.1, 0.15) is 12.9 Å². The van der Waals surface area contributed by atoms with Crippen LogP contribution in [0.5, 0.6) is 0 Å². The molecule has 96 valence electrons. The smallest absolute Gasteiger partial charge is 0.142 e. The van der Waals surface area contributed by atoms with Gasteiger partial charge in [-0.2, -0.15) is 0 Å². The molecule has 0 spiro atoms. The first kappa shape index (κ1) is 12.2. The molecule has 1 heterocycles. The summed E-state index contributed by atoms with van der Waals surface area (Å²) in [6.07, 6.45) is 12.0. The summed E-state index contributed by atoms with van der Waals surface area (Å²) in [5, 5.41) is 11.7. The Hall–Kier alpha value is -1.23. The highest BCUT2D eigenvalue weighted by atomic mass is 16.5. The van der Waals surface area contributed by atoms with E-state index >= 15 is 0 Å². The largest absolute Gasteiger partial charge is 0.411 e. The van der Waals surface area contributed by atoms with Crippen molar-refractivity contribution in [2.75, 3.05) is 13.8 Å². The van der Waals surface area contributed by atoms with Crippen LogP contribution >= 0.6 is 0 Å². The minimum Gasteiger partial charge on any atom is -0.411 e. The molecular weight excluding hydrogens is 218 g/mol. The first-order chi connectivity index (χ1) is 8.31. The summed E-state index contributed by atoms with van der Waals surface area (Å²) in [7, 11) is 1.95. The number of hydrogen-bond acceptors (Lipinski definition) is 5. The van der Waals surface area contributed by atoms with Crippen LogP contribution < -0.4 is 0 Å². The average Bonchev–Trinajstić information content (AvgIpc) is 2.70. The Morgan fingerprint density at radius 1 is 1.35 bits per heavy atom. The third-order valence-electron chi connectivity index (χ3n) is 3.46. The molecule has 0 aromatic rings. The third kappa shape index (κ3) is 3.12. The lowest BCUT2D eigenvalue weighted by Crippen LogP contribution is -2.40. The summed E-state index contributed by atoms with van der Waals surface area (Å²) < 4.78 is 5.90. The zero-order valence-electron chi connectivity index (χ0n) is 10.3. The number of hydrogen-bond donors (Lipinski definition) is 1. The Bertz CT molecular complexity index is 287. The molecule has 1 N–H and O–H groups in total. The van der Waals surface area contributed by atoms with Crippen molar-refractivity contribution in [3.8, 4) is 0 Å². The van der Waals surface area contributed by atoms with Crippen molar-refractivity contribution < 1.29 is 9.94 Å². The summed E-state index contributed by atoms with van der Waals surface area (Å²) in [5.41, 5.74) is 0. The Kier molecular flexibility index (Phi) is 4.25. The van der Waals surface area contributed by atoms with Crippen molar-refractivity contribution in [2.24, 2.45) is 5.16 Å². The van der Waals surface area contributed by atoms with E-state index in [0.717, 1.165) is 0 Å². The van der Waals surface area contributed by atoms with Gasteiger partial charge in [-0.05, 0) is 12.8 Å². The second-order valence-electron chi connectivity index (χ2n) is 4.71. The van der Waals surface area contributed by atoms with Crippen molar-refractivity contribution in [3.05, 3.63) is 12.4 Å². The van der Waals surface area contributed by atoms with Crippen LogP contribution in [0.3, 0.4) is 0 Å². The van der Waals surface area contributed by atoms with E-state index in [4.69, 9.17) is 9.94 Å². The molecule has 1 aliphatic heterocycles. The standard InChI is InChI=1S/C12H21N3O2/c1-14-7-8-15(12(14)9-13-16)10-17-11-5-3-2-4-6-11/h7-9,11-12,16H,2-6,10H2,1H3/b13-9-. The van der Waals surface area contributed by atoms with Crippen molar-refractivity contribution in [2.45, 2.75) is 44.4 Å². The molecule has 17 heavy (non-hydrogen) atoms. The van der Waals surface area contributed by atoms with Crippen LogP contribution in [0.1, 0.15) is 32.1 Å². The molecule has 2 rings (SSSR count). The van der Waals surface area contributed by atoms with E-state index in [1.54, 1.807) is 0 Å². The Morgan fingerprint density at radius 2 is 2.12 bits per heavy atom. The van der Waals surface area contributed by atoms with E-state index in [9.17, 15) is 0 Å². The molecule has 0 saturated heterocycles. The Labute approximate surface area is 102 Å². The van der Waals surface area contributed by atoms with E-state index < -0.39 is 0 Å². The molecule has 0 bridgehead atoms. The molecule has 0 amide bonds. The van der Waals surface area contributed by atoms with Crippen LogP contribution in [0.2, 0.25) is 0 Å². The number of nitrogens with zero attached hydrogens (tertiary/aromatic N) is 3. The molecule has 1 fully saturated rings. The first-order valence-electron chi connectivity index (χ1n) is 6.26. The summed E-state index contributed by atoms with van der Waals surface area (Å²) in [4.78, 5) is 4.00. The molecule has 0 aromatic carbocycles. The van der Waals surface area contributed by atoms with Gasteiger partial charge in [-0.25, -0.2) is 0 Å². The summed E-state index contributed by atoms with van der Waals surface area (Å²) in [6.45, 7) is 0.558. The fourth-order valence-corrected chi connectivity index (χ4v) is 2.39. The van der Waals surface area contributed by atoms with E-state index in [1.165, 1.54) is 38.3 Å². The van der Waals surface area contributed by atoms with E-state index in [1.807, 2.05) is 29.2 Å². The molecule has 1 unspecified atom stereocenters. The van der Waals surface area contributed by atoms with Gasteiger partial charge in [0.25, 0.3) is 0 Å². The molecule has 0 aromatic heterocycles. The number of ether oxygens (including phenoxy) is 1. The predicted octanol–water partition coefficient (Wildman–Crippen LogP) is 1.80. The monoisotopic (exact) mass is 239 g/mol. The van der Waals surface area contributed by atoms with E-state index in [-0.39, 0.29) is 6.17 Å². The summed E-state index contributed by atoms with van der Waals surface area (Å²) >= 11 is 0. The van der Waals surface area contributed by atoms with Crippen LogP contribution in [-0.4, -0.2) is 47.3 Å². The Balaban J connectivity index is 1.79. The fraction of sp³-hybridized carbons (Fsp3) is 0.750. The highest BCUT2D eigenvalue weighted by Crippen LogP contribution is 2.21. The average molecular weight is 239 g/mol. The quantitative estimate of drug-likeness (QED) is 0.461. The van der Waals surface area contributed by atoms with Gasteiger partial charge in [-0.15, -0.1) is 0 Å². The topological polar surface area (TPSA) is 48.3 Å². The Morgan fingerprint density at radius 3 is 2.82 bits per heavy atom. The normalized spacial score (nSPS) is 26.3. The van der Waals surface area contributed by atoms with E-state index in [0.29, 0.717) is 12.8 Å². The highest BCUT2D eigenvalue weighted by Gasteiger charge is 2.23. The van der Waals surface area contributed by atoms with Crippen LogP contribution in [0, 0.1) is 0 Å². The maximum Gasteiger partial charge on any atom is 0.142 e. The molecule has 5 nitrogen and oxygen atoms in total. The SMILES string of the molecule is CN1C=CN(COC2CCCCC2)C1/C=N\O. The van der Waals surface area contributed by atoms with Crippen molar-refractivity contribution in [3.63, 3.8) is 0 Å². The van der Waals surface area contributed by atoms with Crippen LogP contribution in [0.15, 0.2) is 17.6 Å². The van der Waals surface area contributed by atoms with Gasteiger partial charge in [0.2, 0.25) is 0 Å². The zero-order chi connectivity index (χ0) is 12.1. The molecule has 0 radical (unpaired) electrons. The molecule has 1 atom stereocenters. The molecule has 5 heteroatoms. The summed E-state index contributed by atoms with van der Waals surface area (Å²) in [5.74, 6) is 0. The molecule has 2 aliphatic rings. The van der Waals surface area contributed by atoms with Gasteiger partial charge in [0, 0.05) is 19.4 Å². The van der Waals surface area contributed by atoms with Crippen molar-refractivity contribution >= 4 is 6.21 Å². The van der Waals surface area contributed by atoms with Gasteiger partial charge in [-0.3, -0.25) is 0 Å². The number of oxime groups is 1. The lowest BCUT2D eigenvalue weighted by molar-refractivity contribution is -0.0319. The molecule has 1 aliphatic carbocycles. The van der Waals surface area contributed by atoms with E-state index in [2.05, 4.69) is 5.16 Å². The lowest BCUT2D eigenvalue weighted by atomic mass is 9.98. The second-order valence-corrected chi connectivity index (χ2v) is 4.71. The maximum atomic E-state index is 8.63. The maximum absolute atomic E-state index is 8.63. The fourth-order valence-electron chi connectivity index (χ4n) is 2.39. The van der Waals surface area contributed by atoms with Gasteiger partial charge in [-0.1, -0.05) is 24.4 Å². The molecule has 1 saturated carbocycles. The predicted molar refractivity (Wildman–Crippen MR) is 65.6 cm³/mol. The summed E-state index contributed by atoms with van der Waals surface area (Å²) in [6, 6.07) is 0. The van der Waals surface area contributed by atoms with Crippen LogP contribution in [0.25, 0.3) is 0 Å². The van der Waals surface area contributed by atoms with Gasteiger partial charge in [0.15, 0.2) is 0 Å². The molecular formula is C12H21N3O2. The first-order valence-corrected chi connectivity index (χ1v) is 6.26. The van der Waals surface area contributed by atoms with Gasteiger partial charge < -0.3 is 19.7 Å². The van der Waals surface area contributed by atoms with Crippen LogP contribution in [0.4, 0.5) is 0 Å². The lowest BCUT2D eigenvalue weighted by Gasteiger charge is -2.29.